The highest BCUT2D eigenvalue weighted by molar-refractivity contribution is 7.13. The van der Waals surface area contributed by atoms with Gasteiger partial charge in [0.2, 0.25) is 0 Å². The Kier molecular flexibility index (Phi) is 5.32. The van der Waals surface area contributed by atoms with Gasteiger partial charge in [-0.2, -0.15) is 0 Å². The van der Waals surface area contributed by atoms with Crippen LogP contribution in [0.2, 0.25) is 0 Å². The molecule has 1 aliphatic rings. The molecule has 4 atom stereocenters. The van der Waals surface area contributed by atoms with Crippen molar-refractivity contribution in [1.82, 2.24) is 24.5 Å². The summed E-state index contributed by atoms with van der Waals surface area (Å²) >= 11 is 1.42. The van der Waals surface area contributed by atoms with Gasteiger partial charge in [-0.3, -0.25) is 4.57 Å². The molecule has 1 saturated heterocycles. The van der Waals surface area contributed by atoms with Gasteiger partial charge in [0.05, 0.1) is 12.4 Å². The van der Waals surface area contributed by atoms with Crippen molar-refractivity contribution in [2.75, 3.05) is 5.32 Å². The first-order chi connectivity index (χ1) is 15.1. The number of ether oxygens (including phenoxy) is 1. The van der Waals surface area contributed by atoms with Crippen molar-refractivity contribution in [2.24, 2.45) is 0 Å². The fourth-order valence-corrected chi connectivity index (χ4v) is 4.24. The quantitative estimate of drug-likeness (QED) is 0.417. The molecule has 3 N–H and O–H groups in total. The summed E-state index contributed by atoms with van der Waals surface area (Å²) in [6, 6.07) is 6.48. The lowest BCUT2D eigenvalue weighted by Crippen LogP contribution is -2.31. The highest BCUT2D eigenvalue weighted by Crippen LogP contribution is 2.34. The van der Waals surface area contributed by atoms with Crippen molar-refractivity contribution in [3.63, 3.8) is 0 Å². The number of thiazole rings is 1. The van der Waals surface area contributed by atoms with Crippen LogP contribution in [0.5, 0.6) is 0 Å². The van der Waals surface area contributed by atoms with Crippen LogP contribution in [0.1, 0.15) is 18.2 Å². The van der Waals surface area contributed by atoms with E-state index in [4.69, 9.17) is 4.74 Å². The number of nitrogens with one attached hydrogen (secondary N) is 1. The number of anilines is 2. The summed E-state index contributed by atoms with van der Waals surface area (Å²) in [6.45, 7) is 0. The third-order valence-corrected chi connectivity index (χ3v) is 5.97. The van der Waals surface area contributed by atoms with E-state index in [0.29, 0.717) is 40.5 Å². The van der Waals surface area contributed by atoms with E-state index >= 15 is 0 Å². The van der Waals surface area contributed by atoms with Crippen LogP contribution in [0.15, 0.2) is 48.5 Å². The van der Waals surface area contributed by atoms with Crippen molar-refractivity contribution in [1.29, 1.82) is 0 Å². The van der Waals surface area contributed by atoms with Crippen molar-refractivity contribution in [3.8, 4) is 0 Å². The molecule has 0 unspecified atom stereocenters. The van der Waals surface area contributed by atoms with Crippen molar-refractivity contribution >= 4 is 33.5 Å². The lowest BCUT2D eigenvalue weighted by molar-refractivity contribution is -0.0368. The summed E-state index contributed by atoms with van der Waals surface area (Å²) < 4.78 is 21.4. The number of hydrogen-bond acceptors (Lipinski definition) is 9. The van der Waals surface area contributed by atoms with Gasteiger partial charge < -0.3 is 20.3 Å². The van der Waals surface area contributed by atoms with Gasteiger partial charge in [0, 0.05) is 11.6 Å². The zero-order chi connectivity index (χ0) is 21.4. The van der Waals surface area contributed by atoms with E-state index in [1.807, 2.05) is 5.38 Å². The Hall–Kier alpha value is -2.99. The molecule has 0 aliphatic carbocycles. The van der Waals surface area contributed by atoms with E-state index in [1.165, 1.54) is 30.1 Å². The molecule has 0 spiro atoms. The number of aromatic nitrogens is 5. The topological polar surface area (TPSA) is 118 Å². The van der Waals surface area contributed by atoms with Crippen LogP contribution >= 0.6 is 11.3 Å². The number of aliphatic hydroxyl groups excluding tert-OH is 2. The fraction of sp³-hybridized carbons (Fsp3) is 0.300. The molecule has 0 saturated carbocycles. The lowest BCUT2D eigenvalue weighted by Gasteiger charge is -2.16. The number of aryl methyl sites for hydroxylation is 1. The van der Waals surface area contributed by atoms with Gasteiger partial charge in [0.1, 0.15) is 24.4 Å². The molecule has 11 heteroatoms. The minimum Gasteiger partial charge on any atom is -0.388 e. The van der Waals surface area contributed by atoms with Crippen LogP contribution in [-0.4, -0.2) is 53.0 Å². The molecule has 4 heterocycles. The first-order valence-electron chi connectivity index (χ1n) is 9.71. The molecule has 4 aromatic rings. The second-order valence-electron chi connectivity index (χ2n) is 7.18. The molecule has 160 valence electrons. The zero-order valence-corrected chi connectivity index (χ0v) is 17.0. The van der Waals surface area contributed by atoms with E-state index in [9.17, 15) is 14.6 Å². The van der Waals surface area contributed by atoms with Crippen LogP contribution in [0.25, 0.3) is 11.2 Å². The van der Waals surface area contributed by atoms with Crippen molar-refractivity contribution < 1.29 is 19.3 Å². The van der Waals surface area contributed by atoms with Crippen molar-refractivity contribution in [2.45, 2.75) is 37.4 Å². The molecule has 0 amide bonds. The molecular weight excluding hydrogens is 423 g/mol. The molecular formula is C20H19FN6O3S. The highest BCUT2D eigenvalue weighted by Gasteiger charge is 2.44. The Bertz CT molecular complexity index is 1190. The maximum Gasteiger partial charge on any atom is 0.188 e. The predicted molar refractivity (Wildman–Crippen MR) is 111 cm³/mol. The molecule has 1 aliphatic heterocycles. The average molecular weight is 442 g/mol. The van der Waals surface area contributed by atoms with Crippen LogP contribution in [0.3, 0.4) is 0 Å². The van der Waals surface area contributed by atoms with Crippen LogP contribution in [-0.2, 0) is 11.2 Å². The first kappa shape index (κ1) is 19.9. The van der Waals surface area contributed by atoms with Gasteiger partial charge in [0.15, 0.2) is 28.3 Å². The number of benzene rings is 1. The normalized spacial score (nSPS) is 23.5. The van der Waals surface area contributed by atoms with Crippen LogP contribution < -0.4 is 5.32 Å². The molecule has 5 rings (SSSR count). The highest BCUT2D eigenvalue weighted by atomic mass is 32.1. The lowest BCUT2D eigenvalue weighted by atomic mass is 10.0. The van der Waals surface area contributed by atoms with E-state index in [0.717, 1.165) is 0 Å². The average Bonchev–Trinajstić information content (AvgIpc) is 3.50. The third kappa shape index (κ3) is 3.76. The molecule has 0 bridgehead atoms. The van der Waals surface area contributed by atoms with E-state index < -0.39 is 24.5 Å². The SMILES string of the molecule is O[C@@H]1[C@H](O)[C@@H](CCc2ccccc2F)O[C@H]1n1cnc2c(Nc3nccs3)ncnc21. The van der Waals surface area contributed by atoms with Gasteiger partial charge in [0.25, 0.3) is 0 Å². The van der Waals surface area contributed by atoms with Crippen LogP contribution in [0, 0.1) is 5.82 Å². The summed E-state index contributed by atoms with van der Waals surface area (Å²) in [5.74, 6) is 0.174. The van der Waals surface area contributed by atoms with Gasteiger partial charge in [-0.1, -0.05) is 18.2 Å². The number of halogens is 1. The van der Waals surface area contributed by atoms with Crippen LogP contribution in [0.4, 0.5) is 15.3 Å². The first-order valence-corrected chi connectivity index (χ1v) is 10.6. The van der Waals surface area contributed by atoms with E-state index in [2.05, 4.69) is 25.3 Å². The summed E-state index contributed by atoms with van der Waals surface area (Å²) in [5.41, 5.74) is 1.47. The molecule has 0 radical (unpaired) electrons. The molecule has 3 aromatic heterocycles. The Labute approximate surface area is 180 Å². The Morgan fingerprint density at radius 3 is 2.81 bits per heavy atom. The second-order valence-corrected chi connectivity index (χ2v) is 8.08. The van der Waals surface area contributed by atoms with Gasteiger partial charge in [-0.25, -0.2) is 24.3 Å². The molecule has 1 fully saturated rings. The number of fused-ring (bicyclic) bond motifs is 1. The largest absolute Gasteiger partial charge is 0.388 e. The number of hydrogen-bond donors (Lipinski definition) is 3. The number of imidazole rings is 1. The Balaban J connectivity index is 1.37. The minimum atomic E-state index is -1.19. The van der Waals surface area contributed by atoms with Crippen molar-refractivity contribution in [3.05, 3.63) is 59.9 Å². The van der Waals surface area contributed by atoms with Gasteiger partial charge in [-0.05, 0) is 24.5 Å². The zero-order valence-electron chi connectivity index (χ0n) is 16.2. The molecule has 9 nitrogen and oxygen atoms in total. The summed E-state index contributed by atoms with van der Waals surface area (Å²) in [5, 5.41) is 26.7. The smallest absolute Gasteiger partial charge is 0.188 e. The number of nitrogens with zero attached hydrogens (tertiary/aromatic N) is 5. The maximum atomic E-state index is 13.9. The maximum absolute atomic E-state index is 13.9. The van der Waals surface area contributed by atoms with Gasteiger partial charge >= 0.3 is 0 Å². The summed E-state index contributed by atoms with van der Waals surface area (Å²) in [4.78, 5) is 17.0. The standard InChI is InChI=1S/C20H19FN6O3S/c21-12-4-2-1-3-11(12)5-6-13-15(28)16(29)19(30-13)27-10-25-14-17(23-9-24-18(14)27)26-20-22-7-8-31-20/h1-4,7-10,13,15-16,19,28-29H,5-6H2,(H,22,23,24,26)/t13-,15-,16-,19-/m1/s1. The van der Waals surface area contributed by atoms with Gasteiger partial charge in [-0.15, -0.1) is 11.3 Å². The molecule has 31 heavy (non-hydrogen) atoms. The Morgan fingerprint density at radius 1 is 1.13 bits per heavy atom. The van der Waals surface area contributed by atoms with E-state index in [-0.39, 0.29) is 5.82 Å². The fourth-order valence-electron chi connectivity index (χ4n) is 3.71. The van der Waals surface area contributed by atoms with E-state index in [1.54, 1.807) is 29.0 Å². The Morgan fingerprint density at radius 2 is 2.00 bits per heavy atom. The third-order valence-electron chi connectivity index (χ3n) is 5.28. The second kappa shape index (κ2) is 8.27. The monoisotopic (exact) mass is 442 g/mol. The summed E-state index contributed by atoms with van der Waals surface area (Å²) in [7, 11) is 0. The predicted octanol–water partition coefficient (Wildman–Crippen LogP) is 2.42. The summed E-state index contributed by atoms with van der Waals surface area (Å²) in [6.07, 6.45) is 1.43. The minimum absolute atomic E-state index is 0.301. The number of rotatable bonds is 6. The number of aliphatic hydroxyl groups is 2. The molecule has 1 aromatic carbocycles.